The number of piperidine rings is 1. The van der Waals surface area contributed by atoms with Gasteiger partial charge in [-0.3, -0.25) is 24.0 Å². The van der Waals surface area contributed by atoms with Crippen LogP contribution in [0.3, 0.4) is 0 Å². The molecule has 3 heterocycles. The molecule has 1 saturated heterocycles. The third-order valence-electron chi connectivity index (χ3n) is 6.94. The number of thioether (sulfide) groups is 1. The second-order valence-electron chi connectivity index (χ2n) is 10.2. The number of halogens is 3. The van der Waals surface area contributed by atoms with E-state index in [2.05, 4.69) is 14.9 Å². The standard InChI is InChI=1S/C28H34F3N5O4S/c1-19-22(32-11-8-24(19)40-18-28(29,30)31)17-41-27-33-21-6-4-5-7-23(21)36(27)25(37)16-35(3)14-15-39-26(38)20-9-12-34(2)13-10-20/h4-8,11,20H,9-10,12-18H2,1-3H3. The van der Waals surface area contributed by atoms with Crippen LogP contribution < -0.4 is 4.74 Å². The average Bonchev–Trinajstić information content (AvgIpc) is 3.30. The molecule has 0 radical (unpaired) electrons. The Hall–Kier alpha value is -3.16. The third-order valence-corrected chi connectivity index (χ3v) is 7.89. The van der Waals surface area contributed by atoms with Crippen molar-refractivity contribution in [3.8, 4) is 5.75 Å². The molecule has 222 valence electrons. The molecule has 2 aromatic heterocycles. The van der Waals surface area contributed by atoms with E-state index in [0.29, 0.717) is 34.0 Å². The van der Waals surface area contributed by atoms with Crippen LogP contribution in [0.15, 0.2) is 41.7 Å². The van der Waals surface area contributed by atoms with Gasteiger partial charge in [-0.25, -0.2) is 4.98 Å². The lowest BCUT2D eigenvalue weighted by Gasteiger charge is -2.27. The van der Waals surface area contributed by atoms with E-state index in [-0.39, 0.29) is 42.4 Å². The van der Waals surface area contributed by atoms with Gasteiger partial charge in [0.1, 0.15) is 12.4 Å². The molecule has 0 atom stereocenters. The van der Waals surface area contributed by atoms with Gasteiger partial charge in [0, 0.05) is 24.1 Å². The van der Waals surface area contributed by atoms with Gasteiger partial charge in [-0.15, -0.1) is 0 Å². The Bertz CT molecular complexity index is 1360. The van der Waals surface area contributed by atoms with Gasteiger partial charge in [0.15, 0.2) is 11.8 Å². The van der Waals surface area contributed by atoms with Crippen molar-refractivity contribution in [3.05, 3.63) is 47.8 Å². The zero-order chi connectivity index (χ0) is 29.6. The maximum atomic E-state index is 13.5. The number of hydrogen-bond donors (Lipinski definition) is 0. The summed E-state index contributed by atoms with van der Waals surface area (Å²) in [5.41, 5.74) is 2.32. The van der Waals surface area contributed by atoms with Gasteiger partial charge >= 0.3 is 12.1 Å². The van der Waals surface area contributed by atoms with Crippen LogP contribution in [0.1, 0.15) is 28.9 Å². The lowest BCUT2D eigenvalue weighted by Crippen LogP contribution is -2.36. The number of pyridine rings is 1. The molecule has 0 N–H and O–H groups in total. The molecule has 0 unspecified atom stereocenters. The Balaban J connectivity index is 1.39. The predicted molar refractivity (Wildman–Crippen MR) is 149 cm³/mol. The molecule has 13 heteroatoms. The van der Waals surface area contributed by atoms with E-state index < -0.39 is 12.8 Å². The van der Waals surface area contributed by atoms with E-state index >= 15 is 0 Å². The van der Waals surface area contributed by atoms with E-state index in [1.54, 1.807) is 23.4 Å². The first kappa shape index (κ1) is 30.8. The fraction of sp³-hybridized carbons (Fsp3) is 0.500. The highest BCUT2D eigenvalue weighted by atomic mass is 32.2. The first-order valence-corrected chi connectivity index (χ1v) is 14.3. The zero-order valence-electron chi connectivity index (χ0n) is 23.3. The highest BCUT2D eigenvalue weighted by molar-refractivity contribution is 7.98. The van der Waals surface area contributed by atoms with Crippen molar-refractivity contribution >= 4 is 34.7 Å². The normalized spacial score (nSPS) is 15.0. The number of rotatable bonds is 11. The minimum Gasteiger partial charge on any atom is -0.484 e. The molecule has 0 aliphatic carbocycles. The van der Waals surface area contributed by atoms with Crippen LogP contribution in [0.5, 0.6) is 5.75 Å². The molecule has 1 aliphatic heterocycles. The van der Waals surface area contributed by atoms with E-state index in [0.717, 1.165) is 25.9 Å². The number of carbonyl (C=O) groups is 2. The van der Waals surface area contributed by atoms with Crippen LogP contribution in [-0.4, -0.2) is 95.9 Å². The largest absolute Gasteiger partial charge is 0.484 e. The maximum Gasteiger partial charge on any atom is 0.422 e. The molecule has 0 saturated carbocycles. The number of hydrogen-bond acceptors (Lipinski definition) is 9. The van der Waals surface area contributed by atoms with Gasteiger partial charge in [0.05, 0.1) is 29.2 Å². The van der Waals surface area contributed by atoms with Crippen molar-refractivity contribution in [2.45, 2.75) is 36.9 Å². The number of esters is 1. The van der Waals surface area contributed by atoms with Crippen LogP contribution in [0.2, 0.25) is 0 Å². The molecule has 1 aromatic carbocycles. The lowest BCUT2D eigenvalue weighted by molar-refractivity contribution is -0.153. The summed E-state index contributed by atoms with van der Waals surface area (Å²) in [6.07, 6.45) is -1.47. The predicted octanol–water partition coefficient (Wildman–Crippen LogP) is 4.43. The molecule has 0 spiro atoms. The number of alkyl halides is 3. The van der Waals surface area contributed by atoms with E-state index in [1.165, 1.54) is 24.0 Å². The van der Waals surface area contributed by atoms with Crippen LogP contribution in [0, 0.1) is 12.8 Å². The third kappa shape index (κ3) is 8.43. The van der Waals surface area contributed by atoms with Crippen LogP contribution >= 0.6 is 11.8 Å². The summed E-state index contributed by atoms with van der Waals surface area (Å²) in [5, 5.41) is 0.445. The molecule has 1 aliphatic rings. The van der Waals surface area contributed by atoms with Gasteiger partial charge < -0.3 is 14.4 Å². The van der Waals surface area contributed by atoms with Crippen LogP contribution in [0.4, 0.5) is 13.2 Å². The Morgan fingerprint density at radius 3 is 2.63 bits per heavy atom. The summed E-state index contributed by atoms with van der Waals surface area (Å²) < 4.78 is 49.9. The molecular formula is C28H34F3N5O4S. The second-order valence-corrected chi connectivity index (χ2v) is 11.1. The van der Waals surface area contributed by atoms with Crippen LogP contribution in [0.25, 0.3) is 11.0 Å². The van der Waals surface area contributed by atoms with Crippen molar-refractivity contribution in [3.63, 3.8) is 0 Å². The Labute approximate surface area is 241 Å². The topological polar surface area (TPSA) is 89.8 Å². The fourth-order valence-corrected chi connectivity index (χ4v) is 5.59. The molecule has 0 bridgehead atoms. The van der Waals surface area contributed by atoms with Crippen molar-refractivity contribution < 1.29 is 32.2 Å². The zero-order valence-corrected chi connectivity index (χ0v) is 24.1. The highest BCUT2D eigenvalue weighted by Gasteiger charge is 2.29. The molecule has 41 heavy (non-hydrogen) atoms. The molecule has 3 aromatic rings. The molecule has 9 nitrogen and oxygen atoms in total. The molecule has 4 rings (SSSR count). The number of fused-ring (bicyclic) bond motifs is 1. The molecule has 0 amide bonds. The van der Waals surface area contributed by atoms with E-state index in [1.807, 2.05) is 31.3 Å². The lowest BCUT2D eigenvalue weighted by atomic mass is 9.97. The number of imidazole rings is 1. The van der Waals surface area contributed by atoms with E-state index in [9.17, 15) is 22.8 Å². The summed E-state index contributed by atoms with van der Waals surface area (Å²) in [7, 11) is 3.82. The van der Waals surface area contributed by atoms with Crippen molar-refractivity contribution in [1.82, 2.24) is 24.3 Å². The smallest absolute Gasteiger partial charge is 0.422 e. The second kappa shape index (κ2) is 13.7. The summed E-state index contributed by atoms with van der Waals surface area (Å²) >= 11 is 1.26. The number of para-hydroxylation sites is 2. The highest BCUT2D eigenvalue weighted by Crippen LogP contribution is 2.30. The molecular weight excluding hydrogens is 559 g/mol. The van der Waals surface area contributed by atoms with Gasteiger partial charge in [-0.05, 0) is 65.1 Å². The van der Waals surface area contributed by atoms with Gasteiger partial charge in [0.2, 0.25) is 5.91 Å². The summed E-state index contributed by atoms with van der Waals surface area (Å²) in [5.74, 6) is -0.0964. The minimum atomic E-state index is -4.45. The Kier molecular flexibility index (Phi) is 10.3. The number of ether oxygens (including phenoxy) is 2. The number of likely N-dealkylation sites (N-methyl/N-ethyl adjacent to an activating group) is 1. The number of nitrogens with zero attached hydrogens (tertiary/aromatic N) is 5. The number of benzene rings is 1. The first-order chi connectivity index (χ1) is 19.5. The Morgan fingerprint density at radius 1 is 1.17 bits per heavy atom. The minimum absolute atomic E-state index is 0.0672. The van der Waals surface area contributed by atoms with E-state index in [4.69, 9.17) is 9.47 Å². The SMILES string of the molecule is Cc1c(OCC(F)(F)F)ccnc1CSc1nc2ccccc2n1C(=O)CN(C)CCOC(=O)C1CCN(C)CC1. The number of carbonyl (C=O) groups excluding carboxylic acids is 2. The van der Waals surface area contributed by atoms with Crippen molar-refractivity contribution in [2.24, 2.45) is 5.92 Å². The van der Waals surface area contributed by atoms with Crippen molar-refractivity contribution in [2.75, 3.05) is 53.5 Å². The van der Waals surface area contributed by atoms with Gasteiger partial charge in [0.25, 0.3) is 0 Å². The monoisotopic (exact) mass is 593 g/mol. The maximum absolute atomic E-state index is 13.5. The van der Waals surface area contributed by atoms with Crippen molar-refractivity contribution in [1.29, 1.82) is 0 Å². The quantitative estimate of drug-likeness (QED) is 0.237. The summed E-state index contributed by atoms with van der Waals surface area (Å²) in [6, 6.07) is 8.67. The Morgan fingerprint density at radius 2 is 1.90 bits per heavy atom. The number of likely N-dealkylation sites (tertiary alicyclic amines) is 1. The summed E-state index contributed by atoms with van der Waals surface area (Å²) in [4.78, 5) is 38.8. The van der Waals surface area contributed by atoms with Gasteiger partial charge in [-0.2, -0.15) is 13.2 Å². The average molecular weight is 594 g/mol. The fourth-order valence-electron chi connectivity index (χ4n) is 4.54. The summed E-state index contributed by atoms with van der Waals surface area (Å²) in [6.45, 7) is 2.67. The number of aromatic nitrogens is 3. The van der Waals surface area contributed by atoms with Crippen LogP contribution in [-0.2, 0) is 15.3 Å². The first-order valence-electron chi connectivity index (χ1n) is 13.3. The van der Waals surface area contributed by atoms with Gasteiger partial charge in [-0.1, -0.05) is 23.9 Å². The molecule has 1 fully saturated rings.